The molecule has 3 aromatic heterocycles. The quantitative estimate of drug-likeness (QED) is 0.180. The summed E-state index contributed by atoms with van der Waals surface area (Å²) in [4.78, 5) is 15.4. The standard InChI is InChI=1S/C49H30N4O/c1-3-13-31(14-4-1)34-25-28-40-44(29-34)54-45-30-41(36-17-7-8-20-39(36)46(40)45)49-51-47(32-15-5-2-6-16-32)50-48(52-49)33-23-26-35(27-24-33)53-42-21-11-9-18-37(42)38-19-10-12-22-43(38)53/h1-30H. The van der Waals surface area contributed by atoms with E-state index < -0.39 is 0 Å². The van der Waals surface area contributed by atoms with Crippen molar-refractivity contribution in [2.75, 3.05) is 0 Å². The second-order valence-corrected chi connectivity index (χ2v) is 13.6. The Morgan fingerprint density at radius 2 is 0.870 bits per heavy atom. The molecule has 0 amide bonds. The smallest absolute Gasteiger partial charge is 0.164 e. The predicted molar refractivity (Wildman–Crippen MR) is 221 cm³/mol. The van der Waals surface area contributed by atoms with Crippen LogP contribution in [0.25, 0.3) is 105 Å². The van der Waals surface area contributed by atoms with E-state index in [9.17, 15) is 0 Å². The minimum Gasteiger partial charge on any atom is -0.456 e. The maximum Gasteiger partial charge on any atom is 0.164 e. The zero-order chi connectivity index (χ0) is 35.6. The number of aromatic nitrogens is 4. The molecule has 252 valence electrons. The van der Waals surface area contributed by atoms with Crippen molar-refractivity contribution in [2.45, 2.75) is 0 Å². The Morgan fingerprint density at radius 1 is 0.352 bits per heavy atom. The molecule has 0 atom stereocenters. The molecule has 0 spiro atoms. The van der Waals surface area contributed by atoms with Crippen LogP contribution in [0.15, 0.2) is 186 Å². The van der Waals surface area contributed by atoms with Crippen molar-refractivity contribution in [2.24, 2.45) is 0 Å². The Hall–Kier alpha value is -7.37. The second-order valence-electron chi connectivity index (χ2n) is 13.6. The maximum absolute atomic E-state index is 6.65. The predicted octanol–water partition coefficient (Wildman–Crippen LogP) is 12.7. The minimum atomic E-state index is 0.592. The molecule has 11 rings (SSSR count). The van der Waals surface area contributed by atoms with Crippen molar-refractivity contribution < 1.29 is 4.42 Å². The Labute approximate surface area is 310 Å². The molecular formula is C49H30N4O. The topological polar surface area (TPSA) is 56.7 Å². The highest BCUT2D eigenvalue weighted by molar-refractivity contribution is 6.22. The summed E-state index contributed by atoms with van der Waals surface area (Å²) >= 11 is 0. The fourth-order valence-electron chi connectivity index (χ4n) is 7.94. The SMILES string of the molecule is c1ccc(-c2ccc3c(c2)oc2cc(-c4nc(-c5ccccc5)nc(-c5ccc(-n6c7ccccc7c7ccccc76)cc5)n4)c4ccccc4c23)cc1. The van der Waals surface area contributed by atoms with E-state index in [1.807, 2.05) is 36.4 Å². The molecule has 3 heterocycles. The molecule has 0 aliphatic rings. The lowest BCUT2D eigenvalue weighted by molar-refractivity contribution is 0.669. The normalized spacial score (nSPS) is 11.7. The van der Waals surface area contributed by atoms with Crippen molar-refractivity contribution in [3.05, 3.63) is 182 Å². The van der Waals surface area contributed by atoms with Gasteiger partial charge in [0.15, 0.2) is 17.5 Å². The number of furan rings is 1. The van der Waals surface area contributed by atoms with E-state index in [1.165, 1.54) is 21.8 Å². The van der Waals surface area contributed by atoms with E-state index in [1.54, 1.807) is 0 Å². The highest BCUT2D eigenvalue weighted by Gasteiger charge is 2.20. The molecular weight excluding hydrogens is 661 g/mol. The number of para-hydroxylation sites is 2. The molecule has 0 N–H and O–H groups in total. The van der Waals surface area contributed by atoms with Crippen molar-refractivity contribution in [1.29, 1.82) is 0 Å². The highest BCUT2D eigenvalue weighted by Crippen LogP contribution is 2.41. The largest absolute Gasteiger partial charge is 0.456 e. The zero-order valence-electron chi connectivity index (χ0n) is 29.0. The molecule has 0 saturated heterocycles. The Morgan fingerprint density at radius 3 is 1.54 bits per heavy atom. The molecule has 5 nitrogen and oxygen atoms in total. The molecule has 11 aromatic rings. The van der Waals surface area contributed by atoms with Gasteiger partial charge in [0.25, 0.3) is 0 Å². The maximum atomic E-state index is 6.65. The number of nitrogens with zero attached hydrogens (tertiary/aromatic N) is 4. The number of hydrogen-bond acceptors (Lipinski definition) is 4. The van der Waals surface area contributed by atoms with Crippen LogP contribution in [0.4, 0.5) is 0 Å². The lowest BCUT2D eigenvalue weighted by Gasteiger charge is -2.12. The van der Waals surface area contributed by atoms with Crippen LogP contribution >= 0.6 is 0 Å². The van der Waals surface area contributed by atoms with E-state index in [-0.39, 0.29) is 0 Å². The molecule has 8 aromatic carbocycles. The van der Waals surface area contributed by atoms with Crippen LogP contribution in [-0.4, -0.2) is 19.5 Å². The Balaban J connectivity index is 1.09. The van der Waals surface area contributed by atoms with Crippen LogP contribution in [0.5, 0.6) is 0 Å². The van der Waals surface area contributed by atoms with Crippen LogP contribution in [0.1, 0.15) is 0 Å². The first-order valence-corrected chi connectivity index (χ1v) is 18.1. The Bertz CT molecular complexity index is 3150. The van der Waals surface area contributed by atoms with Crippen molar-refractivity contribution in [3.63, 3.8) is 0 Å². The summed E-state index contributed by atoms with van der Waals surface area (Å²) in [5, 5.41) is 6.78. The Kier molecular flexibility index (Phi) is 6.79. The van der Waals surface area contributed by atoms with Gasteiger partial charge >= 0.3 is 0 Å². The van der Waals surface area contributed by atoms with Gasteiger partial charge in [-0.15, -0.1) is 0 Å². The fourth-order valence-corrected chi connectivity index (χ4v) is 7.94. The number of benzene rings is 8. The van der Waals surface area contributed by atoms with Gasteiger partial charge in [-0.1, -0.05) is 127 Å². The summed E-state index contributed by atoms with van der Waals surface area (Å²) in [5.41, 5.74) is 10.0. The molecule has 0 radical (unpaired) electrons. The van der Waals surface area contributed by atoms with Gasteiger partial charge in [0.2, 0.25) is 0 Å². The van der Waals surface area contributed by atoms with Crippen LogP contribution in [0, 0.1) is 0 Å². The summed E-state index contributed by atoms with van der Waals surface area (Å²) in [7, 11) is 0. The van der Waals surface area contributed by atoms with Crippen LogP contribution in [-0.2, 0) is 0 Å². The average Bonchev–Trinajstić information content (AvgIpc) is 3.79. The summed E-state index contributed by atoms with van der Waals surface area (Å²) < 4.78 is 8.97. The monoisotopic (exact) mass is 690 g/mol. The first-order chi connectivity index (χ1) is 26.8. The molecule has 0 bridgehead atoms. The number of fused-ring (bicyclic) bond motifs is 8. The van der Waals surface area contributed by atoms with Gasteiger partial charge < -0.3 is 8.98 Å². The molecule has 0 fully saturated rings. The van der Waals surface area contributed by atoms with Crippen molar-refractivity contribution in [3.8, 4) is 51.0 Å². The lowest BCUT2D eigenvalue weighted by Crippen LogP contribution is -2.01. The minimum absolute atomic E-state index is 0.592. The molecule has 54 heavy (non-hydrogen) atoms. The van der Waals surface area contributed by atoms with Gasteiger partial charge in [-0.25, -0.2) is 15.0 Å². The van der Waals surface area contributed by atoms with E-state index in [0.717, 1.165) is 66.2 Å². The van der Waals surface area contributed by atoms with Gasteiger partial charge in [-0.05, 0) is 76.5 Å². The third kappa shape index (κ3) is 4.83. The van der Waals surface area contributed by atoms with Crippen molar-refractivity contribution >= 4 is 54.5 Å². The van der Waals surface area contributed by atoms with Gasteiger partial charge in [-0.2, -0.15) is 0 Å². The molecule has 0 aliphatic carbocycles. The van der Waals surface area contributed by atoms with E-state index in [4.69, 9.17) is 19.4 Å². The van der Waals surface area contributed by atoms with E-state index in [0.29, 0.717) is 17.5 Å². The molecule has 5 heteroatoms. The summed E-state index contributed by atoms with van der Waals surface area (Å²) in [6, 6.07) is 63.2. The van der Waals surface area contributed by atoms with Gasteiger partial charge in [-0.3, -0.25) is 0 Å². The number of hydrogen-bond donors (Lipinski definition) is 0. The first kappa shape index (κ1) is 30.3. The second kappa shape index (κ2) is 12.1. The molecule has 0 saturated carbocycles. The lowest BCUT2D eigenvalue weighted by atomic mass is 9.97. The number of rotatable bonds is 5. The fraction of sp³-hybridized carbons (Fsp3) is 0. The average molecular weight is 691 g/mol. The third-order valence-corrected chi connectivity index (χ3v) is 10.5. The van der Waals surface area contributed by atoms with Crippen LogP contribution in [0.2, 0.25) is 0 Å². The van der Waals surface area contributed by atoms with Crippen LogP contribution < -0.4 is 0 Å². The summed E-state index contributed by atoms with van der Waals surface area (Å²) in [6.07, 6.45) is 0. The molecule has 0 aliphatic heterocycles. The third-order valence-electron chi connectivity index (χ3n) is 10.5. The van der Waals surface area contributed by atoms with Gasteiger partial charge in [0.05, 0.1) is 11.0 Å². The highest BCUT2D eigenvalue weighted by atomic mass is 16.3. The first-order valence-electron chi connectivity index (χ1n) is 18.1. The zero-order valence-corrected chi connectivity index (χ0v) is 29.0. The van der Waals surface area contributed by atoms with Gasteiger partial charge in [0, 0.05) is 43.9 Å². The van der Waals surface area contributed by atoms with E-state index in [2.05, 4.69) is 150 Å². The summed E-state index contributed by atoms with van der Waals surface area (Å²) in [6.45, 7) is 0. The van der Waals surface area contributed by atoms with Crippen LogP contribution in [0.3, 0.4) is 0 Å². The van der Waals surface area contributed by atoms with Crippen molar-refractivity contribution in [1.82, 2.24) is 19.5 Å². The van der Waals surface area contributed by atoms with E-state index >= 15 is 0 Å². The molecule has 0 unspecified atom stereocenters. The summed E-state index contributed by atoms with van der Waals surface area (Å²) in [5.74, 6) is 1.81. The van der Waals surface area contributed by atoms with Gasteiger partial charge in [0.1, 0.15) is 11.2 Å².